The van der Waals surface area contributed by atoms with Crippen LogP contribution in [0.2, 0.25) is 0 Å². The zero-order valence-corrected chi connectivity index (χ0v) is 14.7. The van der Waals surface area contributed by atoms with Crippen LogP contribution in [0.15, 0.2) is 42.5 Å². The summed E-state index contributed by atoms with van der Waals surface area (Å²) in [6.45, 7) is 1.69. The zero-order chi connectivity index (χ0) is 19.4. The van der Waals surface area contributed by atoms with Gasteiger partial charge >= 0.3 is 12.0 Å². The van der Waals surface area contributed by atoms with Gasteiger partial charge in [-0.2, -0.15) is 0 Å². The summed E-state index contributed by atoms with van der Waals surface area (Å²) < 4.78 is 31.5. The number of methoxy groups -OCH3 is 1. The highest BCUT2D eigenvalue weighted by atomic mass is 19.1. The van der Waals surface area contributed by atoms with E-state index in [1.807, 2.05) is 0 Å². The van der Waals surface area contributed by atoms with Gasteiger partial charge in [-0.05, 0) is 36.4 Å². The molecule has 142 valence electrons. The third-order valence-electron chi connectivity index (χ3n) is 4.37. The molecule has 1 fully saturated rings. The second-order valence-corrected chi connectivity index (χ2v) is 6.07. The van der Waals surface area contributed by atoms with Gasteiger partial charge < -0.3 is 19.9 Å². The molecule has 0 atom stereocenters. The number of urea groups is 1. The first-order valence-corrected chi connectivity index (χ1v) is 8.42. The lowest BCUT2D eigenvalue weighted by Crippen LogP contribution is -2.50. The molecule has 2 aromatic carbocycles. The average Bonchev–Trinajstić information content (AvgIpc) is 2.68. The van der Waals surface area contributed by atoms with Crippen molar-refractivity contribution >= 4 is 23.4 Å². The molecule has 0 unspecified atom stereocenters. The summed E-state index contributed by atoms with van der Waals surface area (Å²) in [7, 11) is 1.30. The number of esters is 1. The number of hydrogen-bond acceptors (Lipinski definition) is 4. The number of carbonyl (C=O) groups excluding carboxylic acids is 2. The van der Waals surface area contributed by atoms with Crippen LogP contribution < -0.4 is 10.2 Å². The number of ether oxygens (including phenoxy) is 1. The molecule has 0 aromatic heterocycles. The second kappa shape index (κ2) is 8.03. The van der Waals surface area contributed by atoms with Crippen molar-refractivity contribution in [2.24, 2.45) is 0 Å². The fourth-order valence-electron chi connectivity index (χ4n) is 2.90. The third kappa shape index (κ3) is 4.33. The molecule has 1 saturated heterocycles. The topological polar surface area (TPSA) is 61.9 Å². The Morgan fingerprint density at radius 3 is 2.26 bits per heavy atom. The predicted octanol–water partition coefficient (Wildman–Crippen LogP) is 3.11. The van der Waals surface area contributed by atoms with Gasteiger partial charge in [0.05, 0.1) is 18.4 Å². The van der Waals surface area contributed by atoms with E-state index in [1.54, 1.807) is 34.1 Å². The van der Waals surface area contributed by atoms with Crippen LogP contribution in [0.3, 0.4) is 0 Å². The smallest absolute Gasteiger partial charge is 0.337 e. The van der Waals surface area contributed by atoms with Gasteiger partial charge in [-0.3, -0.25) is 0 Å². The lowest BCUT2D eigenvalue weighted by atomic mass is 10.2. The van der Waals surface area contributed by atoms with Gasteiger partial charge in [0.1, 0.15) is 11.6 Å². The molecule has 0 radical (unpaired) electrons. The molecule has 2 amide bonds. The van der Waals surface area contributed by atoms with E-state index in [-0.39, 0.29) is 6.03 Å². The minimum atomic E-state index is -0.618. The Labute approximate surface area is 155 Å². The molecule has 2 aromatic rings. The minimum Gasteiger partial charge on any atom is -0.465 e. The molecule has 1 aliphatic heterocycles. The quantitative estimate of drug-likeness (QED) is 0.838. The summed E-state index contributed by atoms with van der Waals surface area (Å²) in [4.78, 5) is 27.2. The summed E-state index contributed by atoms with van der Waals surface area (Å²) in [5.74, 6) is -1.68. The highest BCUT2D eigenvalue weighted by Crippen LogP contribution is 2.22. The summed E-state index contributed by atoms with van der Waals surface area (Å²) in [5.41, 5.74) is 1.28. The maximum Gasteiger partial charge on any atom is 0.337 e. The monoisotopic (exact) mass is 375 g/mol. The minimum absolute atomic E-state index is 0.278. The number of nitrogens with zero attached hydrogens (tertiary/aromatic N) is 2. The molecule has 1 aliphatic rings. The van der Waals surface area contributed by atoms with Gasteiger partial charge in [-0.25, -0.2) is 18.4 Å². The molecular weight excluding hydrogens is 356 g/mol. The number of amides is 2. The van der Waals surface area contributed by atoms with Crippen LogP contribution in [0.1, 0.15) is 10.4 Å². The fraction of sp³-hybridized carbons (Fsp3) is 0.263. The lowest BCUT2D eigenvalue weighted by molar-refractivity contribution is 0.0600. The van der Waals surface area contributed by atoms with Gasteiger partial charge in [0.2, 0.25) is 0 Å². The maximum atomic E-state index is 13.9. The highest BCUT2D eigenvalue weighted by molar-refractivity contribution is 5.92. The van der Waals surface area contributed by atoms with Crippen LogP contribution in [-0.2, 0) is 4.74 Å². The summed E-state index contributed by atoms with van der Waals surface area (Å²) in [6.07, 6.45) is 0. The summed E-state index contributed by atoms with van der Waals surface area (Å²) in [6, 6.07) is 9.57. The molecule has 0 bridgehead atoms. The third-order valence-corrected chi connectivity index (χ3v) is 4.37. The number of piperazine rings is 1. The van der Waals surface area contributed by atoms with Crippen LogP contribution in [0.5, 0.6) is 0 Å². The Kier molecular flexibility index (Phi) is 5.54. The zero-order valence-electron chi connectivity index (χ0n) is 14.7. The lowest BCUT2D eigenvalue weighted by Gasteiger charge is -2.36. The van der Waals surface area contributed by atoms with E-state index in [1.165, 1.54) is 19.2 Å². The number of carbonyl (C=O) groups is 2. The van der Waals surface area contributed by atoms with Crippen molar-refractivity contribution < 1.29 is 23.1 Å². The number of nitrogens with one attached hydrogen (secondary N) is 1. The van der Waals surface area contributed by atoms with E-state index in [4.69, 9.17) is 0 Å². The molecule has 27 heavy (non-hydrogen) atoms. The van der Waals surface area contributed by atoms with Crippen LogP contribution in [0, 0.1) is 11.6 Å². The van der Waals surface area contributed by atoms with E-state index in [2.05, 4.69) is 10.1 Å². The van der Waals surface area contributed by atoms with Crippen molar-refractivity contribution in [3.8, 4) is 0 Å². The fourth-order valence-corrected chi connectivity index (χ4v) is 2.90. The SMILES string of the molecule is COC(=O)c1ccc(NC(=O)N2CCN(c3ccc(F)cc3F)CC2)cc1. The first-order valence-electron chi connectivity index (χ1n) is 8.42. The average molecular weight is 375 g/mol. The van der Waals surface area contributed by atoms with E-state index < -0.39 is 17.6 Å². The van der Waals surface area contributed by atoms with Gasteiger partial charge in [0, 0.05) is 37.9 Å². The number of hydrogen-bond donors (Lipinski definition) is 1. The standard InChI is InChI=1S/C19H19F2N3O3/c1-27-18(25)13-2-5-15(6-3-13)22-19(26)24-10-8-23(9-11-24)17-7-4-14(20)12-16(17)21/h2-7,12H,8-11H2,1H3,(H,22,26). The van der Waals surface area contributed by atoms with Gasteiger partial charge in [0.25, 0.3) is 0 Å². The van der Waals surface area contributed by atoms with Crippen molar-refractivity contribution in [1.29, 1.82) is 0 Å². The number of rotatable bonds is 3. The van der Waals surface area contributed by atoms with Crippen LogP contribution >= 0.6 is 0 Å². The van der Waals surface area contributed by atoms with Crippen molar-refractivity contribution in [2.75, 3.05) is 43.5 Å². The van der Waals surface area contributed by atoms with Gasteiger partial charge in [-0.15, -0.1) is 0 Å². The number of benzene rings is 2. The maximum absolute atomic E-state index is 13.9. The molecule has 0 aliphatic carbocycles. The van der Waals surface area contributed by atoms with Crippen LogP contribution in [-0.4, -0.2) is 50.2 Å². The van der Waals surface area contributed by atoms with Crippen LogP contribution in [0.4, 0.5) is 25.0 Å². The Hall–Kier alpha value is -3.16. The van der Waals surface area contributed by atoms with Gasteiger partial charge in [0.15, 0.2) is 0 Å². The largest absolute Gasteiger partial charge is 0.465 e. The van der Waals surface area contributed by atoms with Crippen molar-refractivity contribution in [1.82, 2.24) is 4.90 Å². The number of halogens is 2. The molecule has 0 spiro atoms. The number of anilines is 2. The predicted molar refractivity (Wildman–Crippen MR) is 96.9 cm³/mol. The molecule has 6 nitrogen and oxygen atoms in total. The van der Waals surface area contributed by atoms with Crippen molar-refractivity contribution in [3.05, 3.63) is 59.7 Å². The van der Waals surface area contributed by atoms with E-state index in [0.717, 1.165) is 6.07 Å². The summed E-state index contributed by atoms with van der Waals surface area (Å²) in [5, 5.41) is 2.76. The van der Waals surface area contributed by atoms with Crippen molar-refractivity contribution in [3.63, 3.8) is 0 Å². The molecule has 8 heteroatoms. The van der Waals surface area contributed by atoms with Crippen LogP contribution in [0.25, 0.3) is 0 Å². The Bertz CT molecular complexity index is 835. The molecule has 1 heterocycles. The normalized spacial score (nSPS) is 14.0. The van der Waals surface area contributed by atoms with E-state index >= 15 is 0 Å². The van der Waals surface area contributed by atoms with E-state index in [0.29, 0.717) is 43.1 Å². The van der Waals surface area contributed by atoms with Gasteiger partial charge in [-0.1, -0.05) is 0 Å². The highest BCUT2D eigenvalue weighted by Gasteiger charge is 2.23. The first kappa shape index (κ1) is 18.6. The molecule has 3 rings (SSSR count). The van der Waals surface area contributed by atoms with E-state index in [9.17, 15) is 18.4 Å². The summed E-state index contributed by atoms with van der Waals surface area (Å²) >= 11 is 0. The molecule has 1 N–H and O–H groups in total. The Morgan fingerprint density at radius 1 is 1.00 bits per heavy atom. The molecular formula is C19H19F2N3O3. The molecule has 0 saturated carbocycles. The van der Waals surface area contributed by atoms with Crippen molar-refractivity contribution in [2.45, 2.75) is 0 Å². The first-order chi connectivity index (χ1) is 13.0. The Balaban J connectivity index is 1.56. The second-order valence-electron chi connectivity index (χ2n) is 6.07. The Morgan fingerprint density at radius 2 is 1.67 bits per heavy atom.